The molecule has 0 N–H and O–H groups in total. The molecule has 0 aromatic carbocycles. The number of hydrogen-bond donors (Lipinski definition) is 0. The van der Waals surface area contributed by atoms with Gasteiger partial charge >= 0.3 is 0 Å². The van der Waals surface area contributed by atoms with Crippen molar-refractivity contribution in [1.82, 2.24) is 0 Å². The molecule has 2 rings (SSSR count). The molecule has 0 aromatic rings. The molecule has 0 amide bonds. The Hall–Kier alpha value is 0.350. The van der Waals surface area contributed by atoms with Crippen molar-refractivity contribution >= 4 is 11.8 Å². The van der Waals surface area contributed by atoms with Crippen molar-refractivity contribution < 1.29 is 0 Å². The lowest BCUT2D eigenvalue weighted by molar-refractivity contribution is 0.208. The van der Waals surface area contributed by atoms with E-state index >= 15 is 0 Å². The van der Waals surface area contributed by atoms with Crippen LogP contribution < -0.4 is 0 Å². The van der Waals surface area contributed by atoms with E-state index < -0.39 is 0 Å². The van der Waals surface area contributed by atoms with Crippen LogP contribution in [0.5, 0.6) is 0 Å². The quantitative estimate of drug-likeness (QED) is 0.253. The Morgan fingerprint density at radius 3 is 1.42 bits per heavy atom. The molecule has 6 unspecified atom stereocenters. The first kappa shape index (κ1) is 27.6. The summed E-state index contributed by atoms with van der Waals surface area (Å²) in [6.07, 6.45) is 26.2. The predicted molar refractivity (Wildman–Crippen MR) is 144 cm³/mol. The fourth-order valence-corrected chi connectivity index (χ4v) is 9.61. The van der Waals surface area contributed by atoms with Crippen molar-refractivity contribution in [3.05, 3.63) is 0 Å². The van der Waals surface area contributed by atoms with E-state index in [2.05, 4.69) is 53.3 Å². The van der Waals surface area contributed by atoms with Crippen LogP contribution in [0.4, 0.5) is 0 Å². The lowest BCUT2D eigenvalue weighted by atomic mass is 9.72. The number of rotatable bonds is 14. The zero-order chi connectivity index (χ0) is 22.7. The van der Waals surface area contributed by atoms with Crippen molar-refractivity contribution in [3.63, 3.8) is 0 Å². The molecule has 0 aliphatic heterocycles. The molecular formula is C30H58S. The molecule has 0 heterocycles. The Morgan fingerprint density at radius 2 is 1.10 bits per heavy atom. The monoisotopic (exact) mass is 450 g/mol. The van der Waals surface area contributed by atoms with Gasteiger partial charge < -0.3 is 0 Å². The highest BCUT2D eigenvalue weighted by Crippen LogP contribution is 2.60. The second-order valence-corrected chi connectivity index (χ2v) is 13.6. The molecule has 0 bridgehead atoms. The van der Waals surface area contributed by atoms with Gasteiger partial charge in [0, 0.05) is 9.49 Å². The van der Waals surface area contributed by atoms with E-state index in [0.29, 0.717) is 9.49 Å². The van der Waals surface area contributed by atoms with Gasteiger partial charge in [0.2, 0.25) is 0 Å². The van der Waals surface area contributed by atoms with E-state index in [1.54, 1.807) is 0 Å². The topological polar surface area (TPSA) is 0 Å². The molecule has 0 saturated heterocycles. The van der Waals surface area contributed by atoms with Gasteiger partial charge in [0.25, 0.3) is 0 Å². The SMILES string of the molecule is CCCCC(CC)CC1(SC2(CC(CC)CCCC)CCCCC2C)CCCCC1C. The molecule has 0 radical (unpaired) electrons. The van der Waals surface area contributed by atoms with E-state index in [-0.39, 0.29) is 0 Å². The molecule has 0 spiro atoms. The highest BCUT2D eigenvalue weighted by atomic mass is 32.2. The van der Waals surface area contributed by atoms with Crippen molar-refractivity contribution in [3.8, 4) is 0 Å². The fraction of sp³-hybridized carbons (Fsp3) is 1.00. The minimum atomic E-state index is 0.557. The highest BCUT2D eigenvalue weighted by Gasteiger charge is 2.49. The summed E-state index contributed by atoms with van der Waals surface area (Å²) in [4.78, 5) is 0. The van der Waals surface area contributed by atoms with E-state index in [4.69, 9.17) is 0 Å². The summed E-state index contributed by atoms with van der Waals surface area (Å²) < 4.78 is 1.11. The van der Waals surface area contributed by atoms with E-state index in [1.807, 2.05) is 0 Å². The maximum Gasteiger partial charge on any atom is 0.0193 e. The Morgan fingerprint density at radius 1 is 0.677 bits per heavy atom. The van der Waals surface area contributed by atoms with E-state index in [9.17, 15) is 0 Å². The molecule has 184 valence electrons. The van der Waals surface area contributed by atoms with Crippen LogP contribution in [-0.4, -0.2) is 9.49 Å². The van der Waals surface area contributed by atoms with Crippen LogP contribution in [0.3, 0.4) is 0 Å². The Labute approximate surface area is 201 Å². The van der Waals surface area contributed by atoms with Crippen molar-refractivity contribution in [1.29, 1.82) is 0 Å². The summed E-state index contributed by atoms with van der Waals surface area (Å²) in [7, 11) is 0. The Kier molecular flexibility index (Phi) is 12.4. The molecular weight excluding hydrogens is 392 g/mol. The van der Waals surface area contributed by atoms with Gasteiger partial charge in [-0.2, -0.15) is 0 Å². The van der Waals surface area contributed by atoms with E-state index in [1.165, 1.54) is 116 Å². The summed E-state index contributed by atoms with van der Waals surface area (Å²) in [5.74, 6) is 3.71. The van der Waals surface area contributed by atoms with Crippen molar-refractivity contribution in [2.45, 2.75) is 167 Å². The van der Waals surface area contributed by atoms with Gasteiger partial charge in [-0.15, -0.1) is 11.8 Å². The largest absolute Gasteiger partial charge is 0.148 e. The van der Waals surface area contributed by atoms with Gasteiger partial charge in [0.15, 0.2) is 0 Å². The Bertz CT molecular complexity index is 431. The van der Waals surface area contributed by atoms with Crippen LogP contribution in [0.25, 0.3) is 0 Å². The van der Waals surface area contributed by atoms with Gasteiger partial charge in [-0.05, 0) is 62.2 Å². The maximum absolute atomic E-state index is 2.65. The minimum Gasteiger partial charge on any atom is -0.148 e. The standard InChI is InChI=1S/C30H58S/c1-7-11-19-27(9-3)23-29(21-15-13-17-25(29)5)31-30(22-16-14-18-26(30)6)24-28(10-4)20-12-8-2/h25-28H,7-24H2,1-6H3. The summed E-state index contributed by atoms with van der Waals surface area (Å²) in [6.45, 7) is 15.0. The molecule has 0 aromatic heterocycles. The first-order chi connectivity index (χ1) is 14.9. The third kappa shape index (κ3) is 7.68. The third-order valence-electron chi connectivity index (χ3n) is 9.53. The van der Waals surface area contributed by atoms with Crippen LogP contribution in [0.15, 0.2) is 0 Å². The fourth-order valence-electron chi connectivity index (χ4n) is 7.03. The second kappa shape index (κ2) is 13.9. The summed E-state index contributed by atoms with van der Waals surface area (Å²) in [5.41, 5.74) is 0. The van der Waals surface area contributed by atoms with Crippen LogP contribution in [-0.2, 0) is 0 Å². The minimum absolute atomic E-state index is 0.557. The molecule has 1 heteroatoms. The molecule has 2 fully saturated rings. The predicted octanol–water partition coefficient (Wildman–Crippen LogP) is 10.8. The molecule has 6 atom stereocenters. The smallest absolute Gasteiger partial charge is 0.0193 e. The Balaban J connectivity index is 2.30. The second-order valence-electron chi connectivity index (χ2n) is 11.8. The maximum atomic E-state index is 2.65. The zero-order valence-electron chi connectivity index (χ0n) is 22.4. The highest BCUT2D eigenvalue weighted by molar-refractivity contribution is 8.02. The molecule has 0 nitrogen and oxygen atoms in total. The van der Waals surface area contributed by atoms with Crippen LogP contribution in [0.1, 0.15) is 157 Å². The molecule has 31 heavy (non-hydrogen) atoms. The van der Waals surface area contributed by atoms with Gasteiger partial charge in [-0.1, -0.05) is 119 Å². The number of hydrogen-bond acceptors (Lipinski definition) is 1. The number of thioether (sulfide) groups is 1. The van der Waals surface area contributed by atoms with Crippen LogP contribution >= 0.6 is 11.8 Å². The average Bonchev–Trinajstić information content (AvgIpc) is 2.78. The zero-order valence-corrected chi connectivity index (χ0v) is 23.3. The molecule has 2 aliphatic carbocycles. The third-order valence-corrected chi connectivity index (χ3v) is 11.9. The molecule has 2 aliphatic rings. The van der Waals surface area contributed by atoms with Crippen molar-refractivity contribution in [2.24, 2.45) is 23.7 Å². The average molecular weight is 451 g/mol. The van der Waals surface area contributed by atoms with Gasteiger partial charge in [0.1, 0.15) is 0 Å². The number of unbranched alkanes of at least 4 members (excludes halogenated alkanes) is 2. The van der Waals surface area contributed by atoms with Gasteiger partial charge in [-0.3, -0.25) is 0 Å². The van der Waals surface area contributed by atoms with Crippen molar-refractivity contribution in [2.75, 3.05) is 0 Å². The lowest BCUT2D eigenvalue weighted by Crippen LogP contribution is -2.47. The normalized spacial score (nSPS) is 33.9. The first-order valence-corrected chi connectivity index (χ1v) is 15.5. The van der Waals surface area contributed by atoms with Gasteiger partial charge in [0.05, 0.1) is 0 Å². The summed E-state index contributed by atoms with van der Waals surface area (Å²) in [6, 6.07) is 0. The van der Waals surface area contributed by atoms with Gasteiger partial charge in [-0.25, -0.2) is 0 Å². The first-order valence-electron chi connectivity index (χ1n) is 14.6. The van der Waals surface area contributed by atoms with E-state index in [0.717, 1.165) is 23.7 Å². The lowest BCUT2D eigenvalue weighted by Gasteiger charge is -2.54. The molecule has 2 saturated carbocycles. The summed E-state index contributed by atoms with van der Waals surface area (Å²) in [5, 5.41) is 0. The van der Waals surface area contributed by atoms with Crippen LogP contribution in [0.2, 0.25) is 0 Å². The van der Waals surface area contributed by atoms with Crippen LogP contribution in [0, 0.1) is 23.7 Å². The summed E-state index contributed by atoms with van der Waals surface area (Å²) >= 11 is 2.61.